The van der Waals surface area contributed by atoms with E-state index in [1.807, 2.05) is 25.1 Å². The first-order chi connectivity index (χ1) is 13.9. The molecule has 0 saturated heterocycles. The largest absolute Gasteiger partial charge is 0.497 e. The van der Waals surface area contributed by atoms with Gasteiger partial charge in [-0.15, -0.1) is 0 Å². The highest BCUT2D eigenvalue weighted by Gasteiger charge is 2.15. The fourth-order valence-electron chi connectivity index (χ4n) is 2.89. The lowest BCUT2D eigenvalue weighted by Gasteiger charge is -2.12. The van der Waals surface area contributed by atoms with E-state index in [9.17, 15) is 13.7 Å². The molecule has 0 amide bonds. The van der Waals surface area contributed by atoms with Crippen molar-refractivity contribution in [3.05, 3.63) is 77.4 Å². The third-order valence-corrected chi connectivity index (χ3v) is 5.69. The molecule has 0 aromatic heterocycles. The summed E-state index contributed by atoms with van der Waals surface area (Å²) in [7, 11) is -2.27. The minimum absolute atomic E-state index is 0.117. The van der Waals surface area contributed by atoms with E-state index in [2.05, 4.69) is 4.72 Å². The average molecular weight is 403 g/mol. The molecule has 0 aliphatic heterocycles. The van der Waals surface area contributed by atoms with Crippen molar-refractivity contribution >= 4 is 15.7 Å². The van der Waals surface area contributed by atoms with Crippen LogP contribution in [0.1, 0.15) is 16.7 Å². The molecule has 6 nitrogen and oxygen atoms in total. The van der Waals surface area contributed by atoms with Crippen molar-refractivity contribution in [2.24, 2.45) is 0 Å². The van der Waals surface area contributed by atoms with Gasteiger partial charge in [-0.1, -0.05) is 12.1 Å². The van der Waals surface area contributed by atoms with Crippen LogP contribution in [0.5, 0.6) is 5.75 Å². The maximum absolute atomic E-state index is 12.7. The molecule has 29 heavy (non-hydrogen) atoms. The highest BCUT2D eigenvalue weighted by Crippen LogP contribution is 2.28. The minimum Gasteiger partial charge on any atom is -0.497 e. The number of hydrogen-bond acceptors (Lipinski definition) is 5. The van der Waals surface area contributed by atoms with Crippen LogP contribution in [0, 0.1) is 29.6 Å². The molecule has 0 fully saturated rings. The van der Waals surface area contributed by atoms with E-state index in [4.69, 9.17) is 10.00 Å². The summed E-state index contributed by atoms with van der Waals surface area (Å²) in [6.07, 6.45) is 0. The first-order valence-corrected chi connectivity index (χ1v) is 10.1. The summed E-state index contributed by atoms with van der Waals surface area (Å²) < 4.78 is 33.1. The fourth-order valence-corrected chi connectivity index (χ4v) is 3.93. The first-order valence-electron chi connectivity index (χ1n) is 8.59. The highest BCUT2D eigenvalue weighted by atomic mass is 32.2. The van der Waals surface area contributed by atoms with Gasteiger partial charge in [0.25, 0.3) is 10.0 Å². The Labute approximate surface area is 169 Å². The molecular weight excluding hydrogens is 386 g/mol. The van der Waals surface area contributed by atoms with Crippen LogP contribution in [0.25, 0.3) is 11.1 Å². The number of aryl methyl sites for hydroxylation is 1. The lowest BCUT2D eigenvalue weighted by molar-refractivity contribution is 0.414. The number of nitriles is 2. The SMILES string of the molecule is COc1ccc(S(=O)(=O)Nc2cc(C)cc(-c3ccc(C#N)c(C#N)c3)c2)cc1. The summed E-state index contributed by atoms with van der Waals surface area (Å²) in [4.78, 5) is 0.117. The van der Waals surface area contributed by atoms with Gasteiger partial charge in [-0.05, 0) is 72.1 Å². The number of nitrogens with zero attached hydrogens (tertiary/aromatic N) is 2. The third-order valence-electron chi connectivity index (χ3n) is 4.29. The van der Waals surface area contributed by atoms with E-state index in [1.165, 1.54) is 19.2 Å². The molecule has 0 unspecified atom stereocenters. The van der Waals surface area contributed by atoms with Crippen LogP contribution in [0.15, 0.2) is 65.6 Å². The van der Waals surface area contributed by atoms with Crippen molar-refractivity contribution in [1.29, 1.82) is 10.5 Å². The predicted molar refractivity (Wildman–Crippen MR) is 110 cm³/mol. The van der Waals surface area contributed by atoms with Crippen molar-refractivity contribution < 1.29 is 13.2 Å². The Balaban J connectivity index is 1.97. The zero-order valence-electron chi connectivity index (χ0n) is 15.8. The molecule has 0 spiro atoms. The molecule has 0 heterocycles. The lowest BCUT2D eigenvalue weighted by atomic mass is 9.98. The van der Waals surface area contributed by atoms with Crippen LogP contribution in [0.3, 0.4) is 0 Å². The summed E-state index contributed by atoms with van der Waals surface area (Å²) in [6.45, 7) is 1.85. The Morgan fingerprint density at radius 1 is 0.862 bits per heavy atom. The van der Waals surface area contributed by atoms with Gasteiger partial charge in [0, 0.05) is 5.69 Å². The third kappa shape index (κ3) is 4.37. The van der Waals surface area contributed by atoms with Crippen LogP contribution in [0.2, 0.25) is 0 Å². The van der Waals surface area contributed by atoms with Gasteiger partial charge in [-0.25, -0.2) is 8.42 Å². The predicted octanol–water partition coefficient (Wildman–Crippen LogP) is 4.21. The van der Waals surface area contributed by atoms with Crippen molar-refractivity contribution in [3.8, 4) is 29.0 Å². The minimum atomic E-state index is -3.78. The smallest absolute Gasteiger partial charge is 0.261 e. The molecule has 144 valence electrons. The van der Waals surface area contributed by atoms with Crippen LogP contribution < -0.4 is 9.46 Å². The molecule has 3 rings (SSSR count). The molecule has 3 aromatic rings. The number of hydrogen-bond donors (Lipinski definition) is 1. The van der Waals surface area contributed by atoms with Gasteiger partial charge in [-0.3, -0.25) is 4.72 Å². The van der Waals surface area contributed by atoms with Crippen molar-refractivity contribution in [2.45, 2.75) is 11.8 Å². The zero-order chi connectivity index (χ0) is 21.0. The van der Waals surface area contributed by atoms with Gasteiger partial charge >= 0.3 is 0 Å². The van der Waals surface area contributed by atoms with Gasteiger partial charge in [-0.2, -0.15) is 10.5 Å². The second-order valence-electron chi connectivity index (χ2n) is 6.35. The Hall–Kier alpha value is -3.81. The summed E-state index contributed by atoms with van der Waals surface area (Å²) in [6, 6.07) is 20.3. The first kappa shape index (κ1) is 19.9. The van der Waals surface area contributed by atoms with Gasteiger partial charge in [0.1, 0.15) is 17.9 Å². The standard InChI is InChI=1S/C22H17N3O3S/c1-15-9-18(16-3-4-17(13-23)19(11-16)14-24)12-20(10-15)25-29(26,27)22-7-5-21(28-2)6-8-22/h3-12,25H,1-2H3. The van der Waals surface area contributed by atoms with Crippen molar-refractivity contribution in [1.82, 2.24) is 0 Å². The van der Waals surface area contributed by atoms with Crippen molar-refractivity contribution in [2.75, 3.05) is 11.8 Å². The molecule has 7 heteroatoms. The molecule has 1 N–H and O–H groups in total. The zero-order valence-corrected chi connectivity index (χ0v) is 16.6. The number of sulfonamides is 1. The molecule has 0 saturated carbocycles. The Morgan fingerprint density at radius 2 is 1.55 bits per heavy atom. The summed E-state index contributed by atoms with van der Waals surface area (Å²) in [5.74, 6) is 0.566. The topological polar surface area (TPSA) is 103 Å². The molecule has 0 atom stereocenters. The lowest BCUT2D eigenvalue weighted by Crippen LogP contribution is -2.13. The van der Waals surface area contributed by atoms with Crippen LogP contribution in [-0.4, -0.2) is 15.5 Å². The second-order valence-corrected chi connectivity index (χ2v) is 8.04. The van der Waals surface area contributed by atoms with Crippen LogP contribution >= 0.6 is 0 Å². The number of benzene rings is 3. The molecule has 0 aliphatic rings. The number of ether oxygens (including phenoxy) is 1. The quantitative estimate of drug-likeness (QED) is 0.687. The number of anilines is 1. The molecular formula is C22H17N3O3S. The van der Waals surface area contributed by atoms with Gasteiger partial charge in [0.2, 0.25) is 0 Å². The monoisotopic (exact) mass is 403 g/mol. The Bertz CT molecular complexity index is 1250. The van der Waals surface area contributed by atoms with E-state index < -0.39 is 10.0 Å². The van der Waals surface area contributed by atoms with Crippen LogP contribution in [-0.2, 0) is 10.0 Å². The molecule has 0 aliphatic carbocycles. The van der Waals surface area contributed by atoms with E-state index in [0.29, 0.717) is 22.6 Å². The highest BCUT2D eigenvalue weighted by molar-refractivity contribution is 7.92. The Kier molecular flexibility index (Phi) is 5.54. The van der Waals surface area contributed by atoms with E-state index >= 15 is 0 Å². The number of methoxy groups -OCH3 is 1. The van der Waals surface area contributed by atoms with Crippen molar-refractivity contribution in [3.63, 3.8) is 0 Å². The van der Waals surface area contributed by atoms with Gasteiger partial charge < -0.3 is 4.74 Å². The summed E-state index contributed by atoms with van der Waals surface area (Å²) in [5, 5.41) is 18.3. The van der Waals surface area contributed by atoms with Gasteiger partial charge in [0.15, 0.2) is 0 Å². The summed E-state index contributed by atoms with van der Waals surface area (Å²) in [5.41, 5.74) is 3.26. The fraction of sp³-hybridized carbons (Fsp3) is 0.0909. The summed E-state index contributed by atoms with van der Waals surface area (Å²) >= 11 is 0. The van der Waals surface area contributed by atoms with Gasteiger partial charge in [0.05, 0.1) is 23.1 Å². The van der Waals surface area contributed by atoms with Crippen LogP contribution in [0.4, 0.5) is 5.69 Å². The molecule has 0 radical (unpaired) electrons. The normalized spacial score (nSPS) is 10.6. The number of nitrogens with one attached hydrogen (secondary N) is 1. The maximum atomic E-state index is 12.7. The van der Waals surface area contributed by atoms with E-state index in [1.54, 1.807) is 42.5 Å². The Morgan fingerprint density at radius 3 is 2.17 bits per heavy atom. The number of rotatable bonds is 5. The van der Waals surface area contributed by atoms with E-state index in [0.717, 1.165) is 11.1 Å². The average Bonchev–Trinajstić information content (AvgIpc) is 2.72. The van der Waals surface area contributed by atoms with E-state index in [-0.39, 0.29) is 10.5 Å². The molecule has 0 bridgehead atoms. The molecule has 3 aromatic carbocycles. The maximum Gasteiger partial charge on any atom is 0.261 e. The second kappa shape index (κ2) is 8.05.